The zero-order valence-corrected chi connectivity index (χ0v) is 13.2. The summed E-state index contributed by atoms with van der Waals surface area (Å²) in [6.45, 7) is 4.16. The van der Waals surface area contributed by atoms with Gasteiger partial charge in [0.25, 0.3) is 0 Å². The van der Waals surface area contributed by atoms with Crippen molar-refractivity contribution in [2.45, 2.75) is 32.9 Å². The molecular formula is C18H20N4O. The quantitative estimate of drug-likeness (QED) is 0.808. The van der Waals surface area contributed by atoms with Crippen molar-refractivity contribution >= 4 is 16.8 Å². The van der Waals surface area contributed by atoms with Crippen LogP contribution in [-0.4, -0.2) is 31.9 Å². The fourth-order valence-corrected chi connectivity index (χ4v) is 3.39. The Hall–Kier alpha value is -2.56. The topological polar surface area (TPSA) is 53.9 Å². The summed E-state index contributed by atoms with van der Waals surface area (Å²) in [6, 6.07) is 8.33. The summed E-state index contributed by atoms with van der Waals surface area (Å²) >= 11 is 0. The number of nitrogens with one attached hydrogen (secondary N) is 1. The van der Waals surface area contributed by atoms with Gasteiger partial charge in [-0.05, 0) is 13.0 Å². The van der Waals surface area contributed by atoms with Crippen molar-refractivity contribution in [2.75, 3.05) is 6.54 Å². The lowest BCUT2D eigenvalue weighted by Crippen LogP contribution is -2.36. The van der Waals surface area contributed by atoms with Crippen LogP contribution in [0, 0.1) is 6.92 Å². The minimum atomic E-state index is 0.217. The van der Waals surface area contributed by atoms with Crippen LogP contribution in [0.5, 0.6) is 0 Å². The Morgan fingerprint density at radius 2 is 2.22 bits per heavy atom. The van der Waals surface area contributed by atoms with Crippen LogP contribution in [0.2, 0.25) is 0 Å². The lowest BCUT2D eigenvalue weighted by Gasteiger charge is -2.27. The van der Waals surface area contributed by atoms with Crippen LogP contribution in [0.1, 0.15) is 23.5 Å². The van der Waals surface area contributed by atoms with Crippen LogP contribution in [0.15, 0.2) is 36.7 Å². The van der Waals surface area contributed by atoms with Crippen LogP contribution in [-0.2, 0) is 24.3 Å². The van der Waals surface area contributed by atoms with E-state index in [1.54, 1.807) is 6.20 Å². The van der Waals surface area contributed by atoms with Crippen molar-refractivity contribution in [2.24, 2.45) is 0 Å². The van der Waals surface area contributed by atoms with E-state index in [0.717, 1.165) is 18.8 Å². The Morgan fingerprint density at radius 1 is 1.35 bits per heavy atom. The molecule has 1 N–H and O–H groups in total. The molecule has 4 rings (SSSR count). The highest BCUT2D eigenvalue weighted by atomic mass is 16.2. The van der Waals surface area contributed by atoms with Gasteiger partial charge in [-0.3, -0.25) is 4.79 Å². The van der Waals surface area contributed by atoms with E-state index in [2.05, 4.69) is 28.2 Å². The highest BCUT2D eigenvalue weighted by molar-refractivity contribution is 5.86. The van der Waals surface area contributed by atoms with Crippen molar-refractivity contribution in [1.82, 2.24) is 19.4 Å². The second-order valence-corrected chi connectivity index (χ2v) is 6.11. The molecule has 0 atom stereocenters. The standard InChI is InChI=1S/C18H20N4O/c1-13-19-8-11-21(13)10-7-18(23)22-9-6-17-15(12-22)14-4-2-3-5-16(14)20-17/h2-5,8,11,20H,6-7,9-10,12H2,1H3. The lowest BCUT2D eigenvalue weighted by molar-refractivity contribution is -0.132. The number of fused-ring (bicyclic) bond motifs is 3. The molecular weight excluding hydrogens is 288 g/mol. The van der Waals surface area contributed by atoms with Gasteiger partial charge in [0.05, 0.1) is 0 Å². The Morgan fingerprint density at radius 3 is 3.04 bits per heavy atom. The third-order valence-corrected chi connectivity index (χ3v) is 4.73. The second kappa shape index (κ2) is 5.57. The number of carbonyl (C=O) groups is 1. The number of para-hydroxylation sites is 1. The first kappa shape index (κ1) is 14.1. The molecule has 0 saturated heterocycles. The van der Waals surface area contributed by atoms with Gasteiger partial charge in [0.15, 0.2) is 0 Å². The third-order valence-electron chi connectivity index (χ3n) is 4.73. The summed E-state index contributed by atoms with van der Waals surface area (Å²) in [6.07, 6.45) is 5.13. The first-order valence-electron chi connectivity index (χ1n) is 8.06. The van der Waals surface area contributed by atoms with Crippen molar-refractivity contribution in [3.05, 3.63) is 53.7 Å². The smallest absolute Gasteiger partial charge is 0.224 e. The van der Waals surface area contributed by atoms with Crippen LogP contribution in [0.4, 0.5) is 0 Å². The maximum atomic E-state index is 12.6. The van der Waals surface area contributed by atoms with E-state index >= 15 is 0 Å². The van der Waals surface area contributed by atoms with Crippen LogP contribution in [0.25, 0.3) is 10.9 Å². The van der Waals surface area contributed by atoms with Crippen molar-refractivity contribution < 1.29 is 4.79 Å². The molecule has 1 aliphatic heterocycles. The summed E-state index contributed by atoms with van der Waals surface area (Å²) in [4.78, 5) is 22.2. The molecule has 0 aliphatic carbocycles. The highest BCUT2D eigenvalue weighted by Crippen LogP contribution is 2.27. The number of H-pyrrole nitrogens is 1. The number of aryl methyl sites for hydroxylation is 2. The molecule has 0 saturated carbocycles. The monoisotopic (exact) mass is 308 g/mol. The van der Waals surface area contributed by atoms with Crippen molar-refractivity contribution in [1.29, 1.82) is 0 Å². The van der Waals surface area contributed by atoms with Gasteiger partial charge in [0.2, 0.25) is 5.91 Å². The largest absolute Gasteiger partial charge is 0.358 e. The average Bonchev–Trinajstić information content (AvgIpc) is 3.15. The molecule has 0 unspecified atom stereocenters. The molecule has 0 spiro atoms. The molecule has 23 heavy (non-hydrogen) atoms. The summed E-state index contributed by atoms with van der Waals surface area (Å²) in [5.74, 6) is 1.17. The van der Waals surface area contributed by atoms with Gasteiger partial charge in [-0.15, -0.1) is 0 Å². The molecule has 3 aromatic rings. The van der Waals surface area contributed by atoms with Gasteiger partial charge in [-0.2, -0.15) is 0 Å². The molecule has 0 fully saturated rings. The first-order valence-corrected chi connectivity index (χ1v) is 8.06. The van der Waals surface area contributed by atoms with Crippen LogP contribution < -0.4 is 0 Å². The number of carbonyl (C=O) groups excluding carboxylic acids is 1. The lowest BCUT2D eigenvalue weighted by atomic mass is 10.0. The molecule has 0 radical (unpaired) electrons. The molecule has 2 aromatic heterocycles. The normalized spacial score (nSPS) is 14.2. The number of aromatic amines is 1. The number of amides is 1. The fraction of sp³-hybridized carbons (Fsp3) is 0.333. The predicted octanol–water partition coefficient (Wildman–Crippen LogP) is 2.65. The average molecular weight is 308 g/mol. The Bertz CT molecular complexity index is 861. The second-order valence-electron chi connectivity index (χ2n) is 6.11. The molecule has 5 heteroatoms. The molecule has 1 aromatic carbocycles. The van der Waals surface area contributed by atoms with E-state index in [1.165, 1.54) is 22.2 Å². The van der Waals surface area contributed by atoms with E-state index in [4.69, 9.17) is 0 Å². The molecule has 0 bridgehead atoms. The number of nitrogens with zero attached hydrogens (tertiary/aromatic N) is 3. The molecule has 5 nitrogen and oxygen atoms in total. The highest BCUT2D eigenvalue weighted by Gasteiger charge is 2.23. The van der Waals surface area contributed by atoms with Crippen LogP contribution in [0.3, 0.4) is 0 Å². The SMILES string of the molecule is Cc1nccn1CCC(=O)N1CCc2[nH]c3ccccc3c2C1. The van der Waals surface area contributed by atoms with Gasteiger partial charge in [-0.25, -0.2) is 4.98 Å². The Kier molecular flexibility index (Phi) is 3.41. The minimum Gasteiger partial charge on any atom is -0.358 e. The minimum absolute atomic E-state index is 0.217. The van der Waals surface area contributed by atoms with E-state index in [9.17, 15) is 4.79 Å². The number of benzene rings is 1. The number of imidazole rings is 1. The van der Waals surface area contributed by atoms with Crippen LogP contribution >= 0.6 is 0 Å². The van der Waals surface area contributed by atoms with Gasteiger partial charge >= 0.3 is 0 Å². The number of aromatic nitrogens is 3. The predicted molar refractivity (Wildman–Crippen MR) is 89.0 cm³/mol. The van der Waals surface area contributed by atoms with E-state index in [-0.39, 0.29) is 5.91 Å². The molecule has 1 aliphatic rings. The number of rotatable bonds is 3. The van der Waals surface area contributed by atoms with Gasteiger partial charge in [0.1, 0.15) is 5.82 Å². The van der Waals surface area contributed by atoms with Crippen molar-refractivity contribution in [3.63, 3.8) is 0 Å². The van der Waals surface area contributed by atoms with Gasteiger partial charge in [-0.1, -0.05) is 18.2 Å². The molecule has 118 valence electrons. The summed E-state index contributed by atoms with van der Waals surface area (Å²) in [5.41, 5.74) is 3.72. The van der Waals surface area contributed by atoms with E-state index in [0.29, 0.717) is 19.5 Å². The summed E-state index contributed by atoms with van der Waals surface area (Å²) < 4.78 is 2.03. The summed E-state index contributed by atoms with van der Waals surface area (Å²) in [5, 5.41) is 1.24. The zero-order valence-electron chi connectivity index (χ0n) is 13.2. The van der Waals surface area contributed by atoms with Gasteiger partial charge in [0, 0.05) is 67.0 Å². The number of hydrogen-bond donors (Lipinski definition) is 1. The van der Waals surface area contributed by atoms with E-state index < -0.39 is 0 Å². The van der Waals surface area contributed by atoms with E-state index in [1.807, 2.05) is 28.7 Å². The Labute approximate surface area is 134 Å². The van der Waals surface area contributed by atoms with Crippen molar-refractivity contribution in [3.8, 4) is 0 Å². The zero-order chi connectivity index (χ0) is 15.8. The van der Waals surface area contributed by atoms with Gasteiger partial charge < -0.3 is 14.5 Å². The third kappa shape index (κ3) is 2.52. The number of hydrogen-bond acceptors (Lipinski definition) is 2. The Balaban J connectivity index is 1.49. The first-order chi connectivity index (χ1) is 11.2. The molecule has 3 heterocycles. The maximum absolute atomic E-state index is 12.6. The maximum Gasteiger partial charge on any atom is 0.224 e. The molecule has 1 amide bonds. The summed E-state index contributed by atoms with van der Waals surface area (Å²) in [7, 11) is 0. The fourth-order valence-electron chi connectivity index (χ4n) is 3.39.